The summed E-state index contributed by atoms with van der Waals surface area (Å²) in [6.45, 7) is 12.9. The number of hydrogen-bond donors (Lipinski definition) is 0. The zero-order valence-electron chi connectivity index (χ0n) is 14.3. The predicted molar refractivity (Wildman–Crippen MR) is 100 cm³/mol. The van der Waals surface area contributed by atoms with E-state index in [1.165, 1.54) is 10.8 Å². The zero-order chi connectivity index (χ0) is 17.2. The lowest BCUT2D eigenvalue weighted by molar-refractivity contribution is 0.314. The van der Waals surface area contributed by atoms with Crippen LogP contribution in [0.1, 0.15) is 39.7 Å². The van der Waals surface area contributed by atoms with Crippen molar-refractivity contribution in [3.63, 3.8) is 0 Å². The van der Waals surface area contributed by atoms with E-state index in [0.717, 1.165) is 28.7 Å². The van der Waals surface area contributed by atoms with E-state index in [0.29, 0.717) is 11.5 Å². The lowest BCUT2D eigenvalue weighted by Gasteiger charge is -2.47. The largest absolute Gasteiger partial charge is 0.319 e. The highest BCUT2D eigenvalue weighted by Crippen LogP contribution is 2.42. The molecule has 1 aliphatic heterocycles. The summed E-state index contributed by atoms with van der Waals surface area (Å²) in [5.41, 5.74) is 2.00. The molecule has 0 N–H and O–H groups in total. The predicted octanol–water partition coefficient (Wildman–Crippen LogP) is 4.91. The third-order valence-electron chi connectivity index (χ3n) is 4.62. The zero-order valence-corrected chi connectivity index (χ0v) is 15.9. The summed E-state index contributed by atoms with van der Waals surface area (Å²) in [6.07, 6.45) is 6.56. The standard InChI is InChI=1S/C17H22N4S2/c1-7-17(5,11(2)3)21-12(4)13(9-18)8-14-10-19-16(23-22-6)20-15(14)21/h8,10-11H,4,7H2,1-3,5-6H3. The normalized spacial score (nSPS) is 16.7. The molecule has 0 aliphatic carbocycles. The number of rotatable bonds is 5. The minimum absolute atomic E-state index is 0.169. The van der Waals surface area contributed by atoms with Crippen LogP contribution in [-0.2, 0) is 0 Å². The number of fused-ring (bicyclic) bond motifs is 1. The second kappa shape index (κ2) is 6.98. The van der Waals surface area contributed by atoms with Gasteiger partial charge in [0.25, 0.3) is 0 Å². The quantitative estimate of drug-likeness (QED) is 0.557. The van der Waals surface area contributed by atoms with Crippen LogP contribution in [-0.4, -0.2) is 21.8 Å². The lowest BCUT2D eigenvalue weighted by atomic mass is 9.82. The summed E-state index contributed by atoms with van der Waals surface area (Å²) in [5.74, 6) is 1.22. The number of nitriles is 1. The molecule has 0 saturated carbocycles. The van der Waals surface area contributed by atoms with Gasteiger partial charge in [0.1, 0.15) is 11.9 Å². The van der Waals surface area contributed by atoms with Gasteiger partial charge in [0.05, 0.1) is 11.3 Å². The second-order valence-electron chi connectivity index (χ2n) is 6.00. The Morgan fingerprint density at radius 1 is 1.48 bits per heavy atom. The topological polar surface area (TPSA) is 52.8 Å². The summed E-state index contributed by atoms with van der Waals surface area (Å²) >= 11 is 0. The number of allylic oxidation sites excluding steroid dienone is 1. The van der Waals surface area contributed by atoms with Crippen molar-refractivity contribution in [3.8, 4) is 6.07 Å². The molecule has 0 aromatic carbocycles. The molecule has 0 saturated heterocycles. The van der Waals surface area contributed by atoms with E-state index in [1.54, 1.807) is 17.0 Å². The first-order valence-electron chi connectivity index (χ1n) is 7.58. The smallest absolute Gasteiger partial charge is 0.200 e. The SMILES string of the molecule is C=C1C(C#N)=Cc2cnc(SSC)nc2N1C(C)(CC)C(C)C. The summed E-state index contributed by atoms with van der Waals surface area (Å²) in [7, 11) is 3.15. The van der Waals surface area contributed by atoms with E-state index < -0.39 is 0 Å². The van der Waals surface area contributed by atoms with Crippen molar-refractivity contribution in [2.75, 3.05) is 11.2 Å². The van der Waals surface area contributed by atoms with Gasteiger partial charge in [-0.2, -0.15) is 5.26 Å². The summed E-state index contributed by atoms with van der Waals surface area (Å²) in [4.78, 5) is 11.3. The molecule has 1 aromatic rings. The molecule has 1 aliphatic rings. The third-order valence-corrected chi connectivity index (χ3v) is 6.07. The highest BCUT2D eigenvalue weighted by Gasteiger charge is 2.39. The first-order chi connectivity index (χ1) is 10.9. The van der Waals surface area contributed by atoms with Gasteiger partial charge >= 0.3 is 0 Å². The van der Waals surface area contributed by atoms with Gasteiger partial charge in [-0.05, 0) is 42.4 Å². The van der Waals surface area contributed by atoms with Crippen LogP contribution in [0, 0.1) is 17.2 Å². The highest BCUT2D eigenvalue weighted by atomic mass is 33.1. The first kappa shape index (κ1) is 17.9. The molecule has 0 bridgehead atoms. The number of aromatic nitrogens is 2. The third kappa shape index (κ3) is 3.13. The Bertz CT molecular complexity index is 690. The first-order valence-corrected chi connectivity index (χ1v) is 10.1. The molecular weight excluding hydrogens is 324 g/mol. The van der Waals surface area contributed by atoms with Gasteiger partial charge in [0.2, 0.25) is 0 Å². The molecule has 1 unspecified atom stereocenters. The summed E-state index contributed by atoms with van der Waals surface area (Å²) in [5, 5.41) is 10.2. The Kier molecular flexibility index (Phi) is 5.43. The Morgan fingerprint density at radius 3 is 2.70 bits per heavy atom. The minimum atomic E-state index is -0.169. The molecule has 1 aromatic heterocycles. The van der Waals surface area contributed by atoms with Gasteiger partial charge in [0, 0.05) is 17.3 Å². The maximum absolute atomic E-state index is 9.47. The Morgan fingerprint density at radius 2 is 2.17 bits per heavy atom. The van der Waals surface area contributed by atoms with Crippen molar-refractivity contribution < 1.29 is 0 Å². The van der Waals surface area contributed by atoms with Crippen LogP contribution >= 0.6 is 21.6 Å². The van der Waals surface area contributed by atoms with E-state index in [1.807, 2.05) is 12.3 Å². The van der Waals surface area contributed by atoms with Crippen LogP contribution < -0.4 is 4.90 Å². The molecule has 1 atom stereocenters. The molecule has 6 heteroatoms. The minimum Gasteiger partial charge on any atom is -0.319 e. The number of anilines is 1. The van der Waals surface area contributed by atoms with E-state index in [9.17, 15) is 5.26 Å². The molecule has 0 spiro atoms. The van der Waals surface area contributed by atoms with Gasteiger partial charge in [-0.1, -0.05) is 38.1 Å². The van der Waals surface area contributed by atoms with Crippen molar-refractivity contribution in [2.45, 2.75) is 44.8 Å². The van der Waals surface area contributed by atoms with Crippen molar-refractivity contribution in [1.82, 2.24) is 9.97 Å². The molecule has 0 radical (unpaired) electrons. The fourth-order valence-corrected chi connectivity index (χ4v) is 3.78. The molecular formula is C17H22N4S2. The molecule has 2 heterocycles. The highest BCUT2D eigenvalue weighted by molar-refractivity contribution is 8.76. The average Bonchev–Trinajstić information content (AvgIpc) is 2.53. The van der Waals surface area contributed by atoms with Crippen molar-refractivity contribution in [3.05, 3.63) is 29.6 Å². The van der Waals surface area contributed by atoms with E-state index in [2.05, 4.69) is 50.2 Å². The number of nitrogens with zero attached hydrogens (tertiary/aromatic N) is 4. The molecule has 4 nitrogen and oxygen atoms in total. The van der Waals surface area contributed by atoms with Crippen LogP contribution in [0.4, 0.5) is 5.82 Å². The van der Waals surface area contributed by atoms with Crippen molar-refractivity contribution in [1.29, 1.82) is 5.26 Å². The fraction of sp³-hybridized carbons (Fsp3) is 0.471. The van der Waals surface area contributed by atoms with Gasteiger partial charge in [-0.3, -0.25) is 0 Å². The van der Waals surface area contributed by atoms with E-state index >= 15 is 0 Å². The Hall–Kier alpha value is -1.45. The van der Waals surface area contributed by atoms with E-state index in [-0.39, 0.29) is 5.54 Å². The van der Waals surface area contributed by atoms with Gasteiger partial charge in [-0.15, -0.1) is 0 Å². The number of hydrogen-bond acceptors (Lipinski definition) is 6. The van der Waals surface area contributed by atoms with Gasteiger partial charge < -0.3 is 4.90 Å². The Balaban J connectivity index is 2.68. The van der Waals surface area contributed by atoms with Crippen LogP contribution in [0.2, 0.25) is 0 Å². The van der Waals surface area contributed by atoms with Crippen molar-refractivity contribution >= 4 is 33.5 Å². The molecule has 0 amide bonds. The monoisotopic (exact) mass is 346 g/mol. The van der Waals surface area contributed by atoms with Gasteiger partial charge in [0.15, 0.2) is 5.16 Å². The van der Waals surface area contributed by atoms with E-state index in [4.69, 9.17) is 4.98 Å². The van der Waals surface area contributed by atoms with Crippen LogP contribution in [0.5, 0.6) is 0 Å². The van der Waals surface area contributed by atoms with Crippen LogP contribution in [0.25, 0.3) is 6.08 Å². The van der Waals surface area contributed by atoms with Gasteiger partial charge in [-0.25, -0.2) is 9.97 Å². The molecule has 0 fully saturated rings. The second-order valence-corrected chi connectivity index (χ2v) is 8.36. The maximum Gasteiger partial charge on any atom is 0.200 e. The summed E-state index contributed by atoms with van der Waals surface area (Å²) < 4.78 is 0. The van der Waals surface area contributed by atoms with Crippen LogP contribution in [0.15, 0.2) is 29.2 Å². The molecule has 2 rings (SSSR count). The van der Waals surface area contributed by atoms with Crippen molar-refractivity contribution in [2.24, 2.45) is 5.92 Å². The molecule has 122 valence electrons. The summed E-state index contributed by atoms with van der Waals surface area (Å²) in [6, 6.07) is 2.25. The molecule has 23 heavy (non-hydrogen) atoms. The fourth-order valence-electron chi connectivity index (χ4n) is 2.72. The maximum atomic E-state index is 9.47. The van der Waals surface area contributed by atoms with Crippen LogP contribution in [0.3, 0.4) is 0 Å². The lowest BCUT2D eigenvalue weighted by Crippen LogP contribution is -2.51. The Labute approximate surface area is 146 Å². The average molecular weight is 347 g/mol.